The van der Waals surface area contributed by atoms with Crippen LogP contribution in [0.3, 0.4) is 0 Å². The molecule has 2 N–H and O–H groups in total. The minimum atomic E-state index is -0.784. The van der Waals surface area contributed by atoms with E-state index in [0.29, 0.717) is 37.4 Å². The molecule has 0 bridgehead atoms. The van der Waals surface area contributed by atoms with Gasteiger partial charge in [-0.05, 0) is 89.5 Å². The molecule has 11 nitrogen and oxygen atoms in total. The smallest absolute Gasteiger partial charge is 0.303 e. The fraction of sp³-hybridized carbons (Fsp3) is 0.683. The molecule has 1 aromatic heterocycles. The molecule has 0 radical (unpaired) electrons. The average Bonchev–Trinajstić information content (AvgIpc) is 3.61. The summed E-state index contributed by atoms with van der Waals surface area (Å²) in [6, 6.07) is 8.35. The normalized spacial score (nSPS) is 17.9. The van der Waals surface area contributed by atoms with Crippen LogP contribution in [0.2, 0.25) is 0 Å². The molecule has 0 aliphatic carbocycles. The lowest BCUT2D eigenvalue weighted by Gasteiger charge is -2.40. The Morgan fingerprint density at radius 1 is 1.07 bits per heavy atom. The highest BCUT2D eigenvalue weighted by Crippen LogP contribution is 2.32. The lowest BCUT2D eigenvalue weighted by atomic mass is 9.92. The third-order valence-corrected chi connectivity index (χ3v) is 11.5. The molecule has 1 aliphatic rings. The molecule has 2 heterocycles. The SMILES string of the molecule is CCCN(C(=O)C(NC(=O)C1CCCCN1C)C(C)CC)C(CC(OC(C)=O)c1nc(C(=O)NC(COSC(C)(C)C)Cc2ccccc2)cs1)C(C)C. The highest BCUT2D eigenvalue weighted by molar-refractivity contribution is 7.96. The molecule has 1 saturated heterocycles. The third-order valence-electron chi connectivity index (χ3n) is 9.80. The highest BCUT2D eigenvalue weighted by Gasteiger charge is 2.38. The van der Waals surface area contributed by atoms with E-state index in [1.54, 1.807) is 5.38 Å². The summed E-state index contributed by atoms with van der Waals surface area (Å²) in [5.41, 5.74) is 1.30. The van der Waals surface area contributed by atoms with E-state index in [1.165, 1.54) is 30.3 Å². The number of amides is 3. The molecule has 1 aliphatic heterocycles. The van der Waals surface area contributed by atoms with Gasteiger partial charge < -0.3 is 24.5 Å². The molecule has 6 atom stereocenters. The first-order chi connectivity index (χ1) is 25.5. The molecule has 1 fully saturated rings. The van der Waals surface area contributed by atoms with Gasteiger partial charge in [-0.1, -0.05) is 77.8 Å². The maximum atomic E-state index is 14.6. The molecule has 1 aromatic carbocycles. The van der Waals surface area contributed by atoms with Crippen LogP contribution < -0.4 is 10.6 Å². The van der Waals surface area contributed by atoms with Gasteiger partial charge in [0.1, 0.15) is 16.7 Å². The Kier molecular flexibility index (Phi) is 18.4. The Morgan fingerprint density at radius 3 is 2.37 bits per heavy atom. The minimum absolute atomic E-state index is 0.0104. The van der Waals surface area contributed by atoms with E-state index < -0.39 is 18.1 Å². The summed E-state index contributed by atoms with van der Waals surface area (Å²) in [7, 11) is 1.97. The maximum Gasteiger partial charge on any atom is 0.303 e. The summed E-state index contributed by atoms with van der Waals surface area (Å²) in [5.74, 6) is -1.16. The first kappa shape index (κ1) is 45.4. The quantitative estimate of drug-likeness (QED) is 0.106. The summed E-state index contributed by atoms with van der Waals surface area (Å²) in [6.45, 7) is 19.4. The zero-order valence-corrected chi connectivity index (χ0v) is 35.8. The topological polar surface area (TPSA) is 130 Å². The molecule has 54 heavy (non-hydrogen) atoms. The second-order valence-corrected chi connectivity index (χ2v) is 18.5. The molecule has 3 amide bonds. The number of nitrogens with zero attached hydrogens (tertiary/aromatic N) is 3. The zero-order chi connectivity index (χ0) is 40.0. The van der Waals surface area contributed by atoms with Gasteiger partial charge in [-0.15, -0.1) is 11.3 Å². The van der Waals surface area contributed by atoms with E-state index >= 15 is 0 Å². The second-order valence-electron chi connectivity index (χ2n) is 16.0. The first-order valence-electron chi connectivity index (χ1n) is 19.6. The number of hydrogen-bond acceptors (Lipinski definition) is 10. The Morgan fingerprint density at radius 2 is 1.78 bits per heavy atom. The second kappa shape index (κ2) is 21.9. The number of ether oxygens (including phenoxy) is 1. The van der Waals surface area contributed by atoms with E-state index in [9.17, 15) is 19.2 Å². The summed E-state index contributed by atoms with van der Waals surface area (Å²) in [4.78, 5) is 63.0. The number of benzene rings is 1. The predicted octanol–water partition coefficient (Wildman–Crippen LogP) is 7.22. The Labute approximate surface area is 332 Å². The first-order valence-corrected chi connectivity index (χ1v) is 21.3. The molecular formula is C41H65N5O6S2. The number of carbonyl (C=O) groups is 4. The van der Waals surface area contributed by atoms with E-state index in [0.717, 1.165) is 37.8 Å². The summed E-state index contributed by atoms with van der Waals surface area (Å²) in [6.07, 6.45) is 4.33. The Balaban J connectivity index is 1.85. The van der Waals surface area contributed by atoms with Gasteiger partial charge in [0.05, 0.1) is 18.7 Å². The molecule has 2 aromatic rings. The van der Waals surface area contributed by atoms with Gasteiger partial charge in [0.25, 0.3) is 5.91 Å². The Bertz CT molecular complexity index is 1480. The molecule has 6 unspecified atom stereocenters. The lowest BCUT2D eigenvalue weighted by molar-refractivity contribution is -0.149. The number of carbonyl (C=O) groups excluding carboxylic acids is 4. The standard InChI is InChI=1S/C41H65N5O6S2/c1-11-21-46(40(50)36(28(5)12-2)44-38(49)33-20-16-17-22-45(33)10)34(27(3)4)24-35(52-29(6)47)39-43-32(26-53-39)37(48)42-31(25-51-54-41(7,8)9)23-30-18-14-13-15-19-30/h13-15,18-19,26-28,31,33-36H,11-12,16-17,20-25H2,1-10H3,(H,42,48)(H,44,49). The number of nitrogens with one attached hydrogen (secondary N) is 2. The van der Waals surface area contributed by atoms with Crippen molar-refractivity contribution in [2.24, 2.45) is 11.8 Å². The monoisotopic (exact) mass is 787 g/mol. The van der Waals surface area contributed by atoms with Crippen LogP contribution in [0.4, 0.5) is 0 Å². The minimum Gasteiger partial charge on any atom is -0.455 e. The number of esters is 1. The number of hydrogen-bond donors (Lipinski definition) is 2. The third kappa shape index (κ3) is 14.3. The number of likely N-dealkylation sites (N-methyl/N-ethyl adjacent to an activating group) is 1. The van der Waals surface area contributed by atoms with E-state index in [1.807, 2.05) is 76.9 Å². The van der Waals surface area contributed by atoms with Crippen LogP contribution in [0.5, 0.6) is 0 Å². The highest BCUT2D eigenvalue weighted by atomic mass is 32.2. The summed E-state index contributed by atoms with van der Waals surface area (Å²) < 4.78 is 11.7. The van der Waals surface area contributed by atoms with Gasteiger partial charge in [-0.3, -0.25) is 24.1 Å². The molecule has 3 rings (SSSR count). The molecular weight excluding hydrogens is 723 g/mol. The summed E-state index contributed by atoms with van der Waals surface area (Å²) >= 11 is 2.63. The van der Waals surface area contributed by atoms with Gasteiger partial charge in [0.15, 0.2) is 6.10 Å². The van der Waals surface area contributed by atoms with Crippen molar-refractivity contribution in [2.75, 3.05) is 26.7 Å². The molecule has 13 heteroatoms. The van der Waals surface area contributed by atoms with E-state index in [-0.39, 0.29) is 58.1 Å². The molecule has 302 valence electrons. The average molecular weight is 788 g/mol. The van der Waals surface area contributed by atoms with Crippen molar-refractivity contribution in [1.82, 2.24) is 25.4 Å². The number of likely N-dealkylation sites (tertiary alicyclic amines) is 1. The molecule has 0 spiro atoms. The van der Waals surface area contributed by atoms with Crippen LogP contribution in [0.15, 0.2) is 35.7 Å². The number of aromatic nitrogens is 1. The fourth-order valence-corrected chi connectivity index (χ4v) is 8.14. The maximum absolute atomic E-state index is 14.6. The van der Waals surface area contributed by atoms with Crippen LogP contribution in [0.1, 0.15) is 128 Å². The van der Waals surface area contributed by atoms with Crippen LogP contribution in [0.25, 0.3) is 0 Å². The van der Waals surface area contributed by atoms with E-state index in [2.05, 4.69) is 36.3 Å². The predicted molar refractivity (Wildman–Crippen MR) is 218 cm³/mol. The number of thiazole rings is 1. The van der Waals surface area contributed by atoms with Crippen molar-refractivity contribution in [2.45, 2.75) is 142 Å². The molecule has 0 saturated carbocycles. The number of rotatable bonds is 20. The van der Waals surface area contributed by atoms with E-state index in [4.69, 9.17) is 13.9 Å². The van der Waals surface area contributed by atoms with Gasteiger partial charge in [-0.25, -0.2) is 4.98 Å². The van der Waals surface area contributed by atoms with Gasteiger partial charge in [0, 0.05) is 36.1 Å². The van der Waals surface area contributed by atoms with Gasteiger partial charge in [-0.2, -0.15) is 0 Å². The largest absolute Gasteiger partial charge is 0.455 e. The van der Waals surface area contributed by atoms with Crippen LogP contribution in [-0.2, 0) is 29.7 Å². The van der Waals surface area contributed by atoms with Crippen molar-refractivity contribution in [3.8, 4) is 0 Å². The van der Waals surface area contributed by atoms with Crippen molar-refractivity contribution in [1.29, 1.82) is 0 Å². The van der Waals surface area contributed by atoms with Crippen molar-refractivity contribution in [3.05, 3.63) is 52.0 Å². The van der Waals surface area contributed by atoms with Crippen LogP contribution >= 0.6 is 23.4 Å². The fourth-order valence-electron chi connectivity index (χ4n) is 6.72. The van der Waals surface area contributed by atoms with Gasteiger partial charge in [0.2, 0.25) is 11.8 Å². The van der Waals surface area contributed by atoms with Crippen molar-refractivity contribution >= 4 is 47.1 Å². The zero-order valence-electron chi connectivity index (χ0n) is 34.2. The van der Waals surface area contributed by atoms with Gasteiger partial charge >= 0.3 is 5.97 Å². The van der Waals surface area contributed by atoms with Crippen molar-refractivity contribution in [3.63, 3.8) is 0 Å². The Hall–Kier alpha value is -3.00. The number of piperidine rings is 1. The van der Waals surface area contributed by atoms with Crippen molar-refractivity contribution < 1.29 is 28.1 Å². The summed E-state index contributed by atoms with van der Waals surface area (Å²) in [5, 5.41) is 8.44. The van der Waals surface area contributed by atoms with Crippen LogP contribution in [0, 0.1) is 11.8 Å². The lowest BCUT2D eigenvalue weighted by Crippen LogP contribution is -2.58. The van der Waals surface area contributed by atoms with Crippen LogP contribution in [-0.4, -0.2) is 94.1 Å².